The van der Waals surface area contributed by atoms with Crippen molar-refractivity contribution < 1.29 is 14.7 Å². The van der Waals surface area contributed by atoms with E-state index in [1.807, 2.05) is 6.92 Å². The number of amides is 2. The number of carbonyl (C=O) groups excluding carboxylic acids is 1. The zero-order chi connectivity index (χ0) is 15.5. The maximum Gasteiger partial charge on any atom is 0.319 e. The van der Waals surface area contributed by atoms with Gasteiger partial charge in [-0.25, -0.2) is 4.79 Å². The van der Waals surface area contributed by atoms with Crippen molar-refractivity contribution in [2.75, 3.05) is 5.32 Å². The third kappa shape index (κ3) is 5.02. The first kappa shape index (κ1) is 16.8. The minimum atomic E-state index is -0.977. The summed E-state index contributed by atoms with van der Waals surface area (Å²) < 4.78 is 0.700. The van der Waals surface area contributed by atoms with E-state index in [1.165, 1.54) is 0 Å². The summed E-state index contributed by atoms with van der Waals surface area (Å²) in [6.45, 7) is 5.13. The summed E-state index contributed by atoms with van der Waals surface area (Å²) >= 11 is 9.34. The Morgan fingerprint density at radius 2 is 2.00 bits per heavy atom. The molecule has 5 nitrogen and oxygen atoms in total. The molecule has 110 valence electrons. The number of urea groups is 1. The van der Waals surface area contributed by atoms with E-state index in [0.29, 0.717) is 15.2 Å². The molecule has 3 N–H and O–H groups in total. The minimum absolute atomic E-state index is 0.170. The van der Waals surface area contributed by atoms with Crippen molar-refractivity contribution in [2.24, 2.45) is 0 Å². The Kier molecular flexibility index (Phi) is 5.42. The molecule has 0 saturated carbocycles. The molecular weight excluding hydrogens is 348 g/mol. The minimum Gasteiger partial charge on any atom is -0.481 e. The van der Waals surface area contributed by atoms with Gasteiger partial charge in [0.15, 0.2) is 0 Å². The van der Waals surface area contributed by atoms with Crippen LogP contribution in [0.2, 0.25) is 5.02 Å². The number of halogens is 2. The molecule has 0 saturated heterocycles. The van der Waals surface area contributed by atoms with Gasteiger partial charge in [0.1, 0.15) is 0 Å². The summed E-state index contributed by atoms with van der Waals surface area (Å²) in [6.07, 6.45) is -0.170. The van der Waals surface area contributed by atoms with Crippen molar-refractivity contribution in [1.82, 2.24) is 5.32 Å². The second-order valence-corrected chi connectivity index (χ2v) is 6.38. The summed E-state index contributed by atoms with van der Waals surface area (Å²) in [6, 6.07) is 2.93. The van der Waals surface area contributed by atoms with E-state index >= 15 is 0 Å². The van der Waals surface area contributed by atoms with Gasteiger partial charge in [0.25, 0.3) is 0 Å². The number of anilines is 1. The number of aryl methyl sites for hydroxylation is 1. The lowest BCUT2D eigenvalue weighted by molar-refractivity contribution is -0.138. The average Bonchev–Trinajstić information content (AvgIpc) is 2.22. The normalized spacial score (nSPS) is 11.1. The van der Waals surface area contributed by atoms with Gasteiger partial charge in [0, 0.05) is 15.0 Å². The molecule has 0 aliphatic carbocycles. The smallest absolute Gasteiger partial charge is 0.319 e. The fourth-order valence-corrected chi connectivity index (χ4v) is 2.35. The number of nitrogens with one attached hydrogen (secondary N) is 2. The van der Waals surface area contributed by atoms with Crippen LogP contribution in [0.3, 0.4) is 0 Å². The standard InChI is InChI=1S/C13H16BrClN2O3/c1-7-4-8(14)10(5-9(7)15)16-12(20)17-13(2,3)6-11(18)19/h4-5H,6H2,1-3H3,(H,18,19)(H2,16,17,20). The van der Waals surface area contributed by atoms with Crippen LogP contribution < -0.4 is 10.6 Å². The van der Waals surface area contributed by atoms with Gasteiger partial charge >= 0.3 is 12.0 Å². The van der Waals surface area contributed by atoms with E-state index in [2.05, 4.69) is 26.6 Å². The van der Waals surface area contributed by atoms with E-state index in [4.69, 9.17) is 16.7 Å². The fourth-order valence-electron chi connectivity index (χ4n) is 1.63. The van der Waals surface area contributed by atoms with E-state index in [9.17, 15) is 9.59 Å². The Hall–Kier alpha value is -1.27. The van der Waals surface area contributed by atoms with Crippen LogP contribution in [-0.2, 0) is 4.79 Å². The van der Waals surface area contributed by atoms with E-state index < -0.39 is 17.5 Å². The maximum absolute atomic E-state index is 11.9. The second-order valence-electron chi connectivity index (χ2n) is 5.11. The summed E-state index contributed by atoms with van der Waals surface area (Å²) in [5, 5.41) is 14.5. The second kappa shape index (κ2) is 6.45. The number of hydrogen-bond acceptors (Lipinski definition) is 2. The van der Waals surface area contributed by atoms with Crippen molar-refractivity contribution in [2.45, 2.75) is 32.7 Å². The van der Waals surface area contributed by atoms with Crippen molar-refractivity contribution in [3.8, 4) is 0 Å². The molecule has 0 atom stereocenters. The van der Waals surface area contributed by atoms with E-state index in [0.717, 1.165) is 5.56 Å². The Morgan fingerprint density at radius 3 is 2.55 bits per heavy atom. The van der Waals surface area contributed by atoms with Gasteiger partial charge in [0.05, 0.1) is 12.1 Å². The zero-order valence-corrected chi connectivity index (χ0v) is 13.7. The maximum atomic E-state index is 11.9. The first-order valence-electron chi connectivity index (χ1n) is 5.87. The largest absolute Gasteiger partial charge is 0.481 e. The quantitative estimate of drug-likeness (QED) is 0.761. The monoisotopic (exact) mass is 362 g/mol. The third-order valence-corrected chi connectivity index (χ3v) is 3.60. The highest BCUT2D eigenvalue weighted by atomic mass is 79.9. The van der Waals surface area contributed by atoms with Crippen molar-refractivity contribution in [1.29, 1.82) is 0 Å². The van der Waals surface area contributed by atoms with Crippen LogP contribution in [0.5, 0.6) is 0 Å². The molecule has 2 amide bonds. The molecule has 0 aromatic heterocycles. The van der Waals surface area contributed by atoms with Crippen LogP contribution >= 0.6 is 27.5 Å². The van der Waals surface area contributed by atoms with Gasteiger partial charge in [-0.15, -0.1) is 0 Å². The van der Waals surface area contributed by atoms with Gasteiger partial charge in [-0.2, -0.15) is 0 Å². The van der Waals surface area contributed by atoms with Crippen LogP contribution in [0.15, 0.2) is 16.6 Å². The lowest BCUT2D eigenvalue weighted by Crippen LogP contribution is -2.46. The van der Waals surface area contributed by atoms with Crippen molar-refractivity contribution in [3.63, 3.8) is 0 Å². The summed E-state index contributed by atoms with van der Waals surface area (Å²) in [5.41, 5.74) is 0.552. The number of hydrogen-bond donors (Lipinski definition) is 3. The first-order chi connectivity index (χ1) is 9.10. The van der Waals surface area contributed by atoms with E-state index in [-0.39, 0.29) is 6.42 Å². The number of carbonyl (C=O) groups is 2. The van der Waals surface area contributed by atoms with Crippen LogP contribution in [0.1, 0.15) is 25.8 Å². The fraction of sp³-hybridized carbons (Fsp3) is 0.385. The average molecular weight is 364 g/mol. The molecule has 1 aromatic rings. The molecular formula is C13H16BrClN2O3. The van der Waals surface area contributed by atoms with Crippen LogP contribution in [0.25, 0.3) is 0 Å². The molecule has 0 heterocycles. The molecule has 0 unspecified atom stereocenters. The van der Waals surface area contributed by atoms with Crippen LogP contribution in [-0.4, -0.2) is 22.6 Å². The molecule has 7 heteroatoms. The summed E-state index contributed by atoms with van der Waals surface area (Å²) in [5.74, 6) is -0.977. The highest BCUT2D eigenvalue weighted by Gasteiger charge is 2.24. The van der Waals surface area contributed by atoms with Crippen molar-refractivity contribution >= 4 is 45.2 Å². The predicted octanol–water partition coefficient (Wildman–Crippen LogP) is 3.79. The van der Waals surface area contributed by atoms with Crippen molar-refractivity contribution in [3.05, 3.63) is 27.2 Å². The molecule has 0 fully saturated rings. The molecule has 20 heavy (non-hydrogen) atoms. The van der Waals surface area contributed by atoms with Gasteiger partial charge in [-0.05, 0) is 54.4 Å². The Balaban J connectivity index is 2.77. The van der Waals surface area contributed by atoms with Gasteiger partial charge in [0.2, 0.25) is 0 Å². The van der Waals surface area contributed by atoms with Crippen LogP contribution in [0.4, 0.5) is 10.5 Å². The number of aliphatic carboxylic acids is 1. The lowest BCUT2D eigenvalue weighted by Gasteiger charge is -2.24. The predicted molar refractivity (Wildman–Crippen MR) is 82.4 cm³/mol. The topological polar surface area (TPSA) is 78.4 Å². The molecule has 0 aliphatic heterocycles. The molecule has 1 rings (SSSR count). The number of rotatable bonds is 4. The Morgan fingerprint density at radius 1 is 1.40 bits per heavy atom. The highest BCUT2D eigenvalue weighted by Crippen LogP contribution is 2.29. The van der Waals surface area contributed by atoms with E-state index in [1.54, 1.807) is 26.0 Å². The van der Waals surface area contributed by atoms with Crippen LogP contribution in [0, 0.1) is 6.92 Å². The highest BCUT2D eigenvalue weighted by molar-refractivity contribution is 9.10. The third-order valence-electron chi connectivity index (χ3n) is 2.54. The number of carboxylic acid groups (broad SMARTS) is 1. The SMILES string of the molecule is Cc1cc(Br)c(NC(=O)NC(C)(C)CC(=O)O)cc1Cl. The molecule has 1 aromatic carbocycles. The molecule has 0 spiro atoms. The molecule has 0 radical (unpaired) electrons. The zero-order valence-electron chi connectivity index (χ0n) is 11.4. The first-order valence-corrected chi connectivity index (χ1v) is 7.04. The molecule has 0 bridgehead atoms. The lowest BCUT2D eigenvalue weighted by atomic mass is 10.0. The number of carboxylic acids is 1. The summed E-state index contributed by atoms with van der Waals surface area (Å²) in [4.78, 5) is 22.6. The van der Waals surface area contributed by atoms with Gasteiger partial charge < -0.3 is 15.7 Å². The Bertz CT molecular complexity index is 547. The summed E-state index contributed by atoms with van der Waals surface area (Å²) in [7, 11) is 0. The molecule has 0 aliphatic rings. The van der Waals surface area contributed by atoms with Gasteiger partial charge in [-0.3, -0.25) is 4.79 Å². The number of benzene rings is 1. The Labute approximate surface area is 130 Å². The van der Waals surface area contributed by atoms with Gasteiger partial charge in [-0.1, -0.05) is 11.6 Å².